The van der Waals surface area contributed by atoms with Crippen LogP contribution >= 0.6 is 45.6 Å². The van der Waals surface area contributed by atoms with Crippen molar-refractivity contribution < 1.29 is 90.6 Å². The van der Waals surface area contributed by atoms with Gasteiger partial charge in [0.05, 0.1) is 6.54 Å². The van der Waals surface area contributed by atoms with Gasteiger partial charge in [-0.15, -0.1) is 0 Å². The molecule has 0 aromatic rings. The average molecular weight is 673 g/mol. The van der Waals surface area contributed by atoms with Crippen LogP contribution in [0.3, 0.4) is 0 Å². The highest BCUT2D eigenvalue weighted by molar-refractivity contribution is 7.50. The van der Waals surface area contributed by atoms with Crippen molar-refractivity contribution in [3.8, 4) is 0 Å². The van der Waals surface area contributed by atoms with Crippen LogP contribution in [-0.4, -0.2) is 60.1 Å². The van der Waals surface area contributed by atoms with Gasteiger partial charge in [-0.05, 0) is 42.4 Å². The normalized spacial score (nSPS) is 13.9. The van der Waals surface area contributed by atoms with Crippen molar-refractivity contribution in [2.75, 3.05) is 50.7 Å². The lowest BCUT2D eigenvalue weighted by Crippen LogP contribution is -2.54. The molecule has 0 saturated carbocycles. The maximum absolute atomic E-state index is 10.6. The molecule has 38 heavy (non-hydrogen) atoms. The van der Waals surface area contributed by atoms with Gasteiger partial charge in [-0.1, -0.05) is 43.1 Å². The molecule has 0 unspecified atom stereocenters. The topological polar surface area (TPSA) is 382 Å². The minimum atomic E-state index is -5.30. The minimum absolute atomic E-state index is 0.0168. The summed E-state index contributed by atoms with van der Waals surface area (Å²) in [6.45, 7) is 3.81. The number of hydrogen-bond acceptors (Lipinski definition) is 19. The van der Waals surface area contributed by atoms with E-state index in [4.69, 9.17) is 0 Å². The van der Waals surface area contributed by atoms with E-state index >= 15 is 0 Å². The largest absolute Gasteiger partial charge is 0.811 e. The van der Waals surface area contributed by atoms with Gasteiger partial charge in [-0.3, -0.25) is 4.90 Å². The zero-order chi connectivity index (χ0) is 31.4. The molecule has 20 nitrogen and oxygen atoms in total. The standard InChI is InChI=1S/C5H16NO9P3.C4H13NO6P2.C3H9O3P/c1-2-6(3-16(7,8)9,4-17(10,11)12)5-18(13,14)15;1-2-5(3-12(6,7)8)4-13(9,10)11;1-2-3-7(4,5)6/h2-5H2,1H3,(H5-,7,8,9,10,11,12,13,14,15);2-4H2,1H3,(H2,6,7,8)(H2,9,10,11);2-3H2,1H3,(H2,4,5,6)/p-11. The molecule has 0 aliphatic heterocycles. The van der Waals surface area contributed by atoms with Crippen molar-refractivity contribution in [1.29, 1.82) is 0 Å². The molecule has 0 saturated heterocycles. The average Bonchev–Trinajstić information content (AvgIpc) is 2.54. The molecule has 0 aliphatic carbocycles. The fourth-order valence-electron chi connectivity index (χ4n) is 2.54. The summed E-state index contributed by atoms with van der Waals surface area (Å²) in [5, 5.41) is 0. The van der Waals surface area contributed by atoms with Gasteiger partial charge < -0.3 is 90.6 Å². The number of quaternary nitrogens is 1. The zero-order valence-electron chi connectivity index (χ0n) is 20.3. The van der Waals surface area contributed by atoms with Gasteiger partial charge in [0.15, 0.2) is 0 Å². The summed E-state index contributed by atoms with van der Waals surface area (Å²) in [7, 11) is -29.7. The molecule has 0 aromatic heterocycles. The highest BCUT2D eigenvalue weighted by Crippen LogP contribution is 2.41. The van der Waals surface area contributed by atoms with Gasteiger partial charge >= 0.3 is 0 Å². The highest BCUT2D eigenvalue weighted by Gasteiger charge is 2.29. The maximum atomic E-state index is 10.6. The Balaban J connectivity index is -0.000000533. The Morgan fingerprint density at radius 2 is 0.789 bits per heavy atom. The number of rotatable bonds is 14. The Hall–Kier alpha value is 0.820. The van der Waals surface area contributed by atoms with E-state index in [0.29, 0.717) is 6.42 Å². The second-order valence-electron chi connectivity index (χ2n) is 7.74. The fourth-order valence-corrected chi connectivity index (χ4v) is 8.71. The van der Waals surface area contributed by atoms with E-state index in [9.17, 15) is 86.1 Å². The second-order valence-corrected chi connectivity index (χ2v) is 16.9. The Bertz CT molecular complexity index is 887. The predicted molar refractivity (Wildman–Crippen MR) is 108 cm³/mol. The Morgan fingerprint density at radius 1 is 0.500 bits per heavy atom. The molecule has 26 heteroatoms. The van der Waals surface area contributed by atoms with Crippen molar-refractivity contribution in [2.24, 2.45) is 0 Å². The van der Waals surface area contributed by atoms with Gasteiger partial charge in [-0.2, -0.15) is 0 Å². The molecule has 0 rings (SSSR count). The second kappa shape index (κ2) is 17.1. The minimum Gasteiger partial charge on any atom is -0.811 e. The highest BCUT2D eigenvalue weighted by atomic mass is 31.2. The molecule has 0 heterocycles. The first-order valence-corrected chi connectivity index (χ1v) is 20.4. The summed E-state index contributed by atoms with van der Waals surface area (Å²) in [6, 6.07) is 0. The maximum Gasteiger partial charge on any atom is 0.105 e. The first-order chi connectivity index (χ1) is 16.4. The van der Waals surface area contributed by atoms with Gasteiger partial charge in [0.2, 0.25) is 0 Å². The van der Waals surface area contributed by atoms with Gasteiger partial charge in [0, 0.05) is 12.6 Å². The lowest BCUT2D eigenvalue weighted by Gasteiger charge is -2.51. The molecule has 0 spiro atoms. The van der Waals surface area contributed by atoms with Crippen molar-refractivity contribution in [2.45, 2.75) is 27.2 Å². The fraction of sp³-hybridized carbons (Fsp3) is 1.00. The molecule has 0 fully saturated rings. The van der Waals surface area contributed by atoms with Crippen LogP contribution in [0, 0.1) is 0 Å². The van der Waals surface area contributed by atoms with Crippen LogP contribution in [0.1, 0.15) is 27.2 Å². The van der Waals surface area contributed by atoms with E-state index < -0.39 is 88.0 Å². The van der Waals surface area contributed by atoms with Crippen LogP contribution in [0.4, 0.5) is 0 Å². The summed E-state index contributed by atoms with van der Waals surface area (Å²) >= 11 is 0. The SMILES string of the molecule is CCCP(=O)([O-])[O-].CCN(CP(=O)([O-])[O-])CP(=O)([O-])[O-].CC[N+](CP(=O)([O-])[O-])(CP(=O)([O-])[O-])CP(=O)([O-])[O-]. The smallest absolute Gasteiger partial charge is 0.105 e. The summed E-state index contributed by atoms with van der Waals surface area (Å²) in [6.07, 6.45) is -5.93. The molecule has 0 radical (unpaired) electrons. The van der Waals surface area contributed by atoms with Crippen molar-refractivity contribution in [3.05, 3.63) is 0 Å². The molecule has 0 aromatic carbocycles. The lowest BCUT2D eigenvalue weighted by atomic mass is 10.6. The van der Waals surface area contributed by atoms with Crippen LogP contribution in [0.25, 0.3) is 0 Å². The Morgan fingerprint density at radius 3 is 0.895 bits per heavy atom. The van der Waals surface area contributed by atoms with E-state index in [-0.39, 0.29) is 12.7 Å². The monoisotopic (exact) mass is 673 g/mol. The van der Waals surface area contributed by atoms with E-state index in [1.807, 2.05) is 0 Å². The third-order valence-electron chi connectivity index (χ3n) is 3.78. The van der Waals surface area contributed by atoms with Crippen molar-refractivity contribution in [3.63, 3.8) is 0 Å². The third kappa shape index (κ3) is 33.0. The quantitative estimate of drug-likeness (QED) is 0.122. The van der Waals surface area contributed by atoms with E-state index in [2.05, 4.69) is 0 Å². The van der Waals surface area contributed by atoms with Crippen LogP contribution in [-0.2, 0) is 27.4 Å². The molecule has 0 aliphatic rings. The molecule has 0 atom stereocenters. The van der Waals surface area contributed by atoms with E-state index in [1.54, 1.807) is 6.92 Å². The first kappa shape index (κ1) is 43.3. The number of nitrogens with zero attached hydrogens (tertiary/aromatic N) is 2. The predicted octanol–water partition coefficient (Wildman–Crippen LogP) is -8.20. The van der Waals surface area contributed by atoms with Gasteiger partial charge in [-0.25, -0.2) is 0 Å². The van der Waals surface area contributed by atoms with E-state index in [0.717, 1.165) is 4.90 Å². The van der Waals surface area contributed by atoms with Crippen LogP contribution in [0.2, 0.25) is 0 Å². The van der Waals surface area contributed by atoms with Crippen LogP contribution < -0.4 is 58.7 Å². The molecular formula is C12H27N2O18P6-11. The number of hydrogen-bond donors (Lipinski definition) is 0. The summed E-state index contributed by atoms with van der Waals surface area (Å²) in [4.78, 5) is 125. The molecule has 0 bridgehead atoms. The van der Waals surface area contributed by atoms with Crippen LogP contribution in [0.5, 0.6) is 0 Å². The summed E-state index contributed by atoms with van der Waals surface area (Å²) in [5.74, 6) is 0. The first-order valence-electron chi connectivity index (χ1n) is 10.0. The zero-order valence-corrected chi connectivity index (χ0v) is 25.7. The summed E-state index contributed by atoms with van der Waals surface area (Å²) in [5.41, 5.74) is 0. The van der Waals surface area contributed by atoms with Gasteiger partial charge in [0.1, 0.15) is 18.9 Å². The lowest BCUT2D eigenvalue weighted by molar-refractivity contribution is -0.902. The molecule has 234 valence electrons. The van der Waals surface area contributed by atoms with Crippen LogP contribution in [0.15, 0.2) is 0 Å². The van der Waals surface area contributed by atoms with Crippen molar-refractivity contribution >= 4 is 45.6 Å². The Labute approximate surface area is 219 Å². The summed E-state index contributed by atoms with van der Waals surface area (Å²) < 4.78 is 60.7. The van der Waals surface area contributed by atoms with Crippen molar-refractivity contribution in [1.82, 2.24) is 4.90 Å². The molecular weight excluding hydrogens is 646 g/mol. The Kier molecular flexibility index (Phi) is 19.4. The molecule has 0 N–H and O–H groups in total. The molecule has 0 amide bonds. The van der Waals surface area contributed by atoms with Gasteiger partial charge in [0.25, 0.3) is 0 Å². The van der Waals surface area contributed by atoms with E-state index in [1.165, 1.54) is 13.8 Å². The third-order valence-corrected chi connectivity index (χ3v) is 9.11.